The molecule has 0 saturated heterocycles. The molecular formula is C14H27NO. The maximum absolute atomic E-state index is 5.76. The summed E-state index contributed by atoms with van der Waals surface area (Å²) < 4.78 is 5.76. The molecule has 0 heterocycles. The third-order valence-electron chi connectivity index (χ3n) is 2.62. The summed E-state index contributed by atoms with van der Waals surface area (Å²) in [5.74, 6) is 5.90. The van der Waals surface area contributed by atoms with Gasteiger partial charge in [-0.3, -0.25) is 0 Å². The fraction of sp³-hybridized carbons (Fsp3) is 0.857. The molecule has 0 aromatic heterocycles. The van der Waals surface area contributed by atoms with Gasteiger partial charge in [0.05, 0.1) is 6.10 Å². The van der Waals surface area contributed by atoms with E-state index in [-0.39, 0.29) is 6.10 Å². The first kappa shape index (κ1) is 15.5. The first-order valence-electron chi connectivity index (χ1n) is 6.44. The highest BCUT2D eigenvalue weighted by Gasteiger charge is 2.08. The van der Waals surface area contributed by atoms with Crippen molar-refractivity contribution in [3.05, 3.63) is 0 Å². The molecule has 0 N–H and O–H groups in total. The Morgan fingerprint density at radius 2 is 1.88 bits per heavy atom. The SMILES string of the molecule is CC#CC(C)OC(C)CCN(CC)CCC. The normalized spacial score (nSPS) is 14.4. The van der Waals surface area contributed by atoms with Crippen LogP contribution in [0.1, 0.15) is 47.5 Å². The fourth-order valence-corrected chi connectivity index (χ4v) is 1.76. The summed E-state index contributed by atoms with van der Waals surface area (Å²) in [6, 6.07) is 0. The van der Waals surface area contributed by atoms with Crippen LogP contribution < -0.4 is 0 Å². The van der Waals surface area contributed by atoms with Gasteiger partial charge in [0.2, 0.25) is 0 Å². The lowest BCUT2D eigenvalue weighted by molar-refractivity contribution is 0.0282. The molecule has 16 heavy (non-hydrogen) atoms. The van der Waals surface area contributed by atoms with Gasteiger partial charge < -0.3 is 9.64 Å². The molecule has 0 aliphatic rings. The Hall–Kier alpha value is -0.520. The Bertz CT molecular complexity index is 217. The Labute approximate surface area is 101 Å². The molecule has 0 spiro atoms. The molecule has 2 nitrogen and oxygen atoms in total. The van der Waals surface area contributed by atoms with Crippen molar-refractivity contribution in [2.45, 2.75) is 59.7 Å². The lowest BCUT2D eigenvalue weighted by Crippen LogP contribution is -2.28. The van der Waals surface area contributed by atoms with Crippen LogP contribution in [0.15, 0.2) is 0 Å². The Kier molecular flexibility index (Phi) is 9.37. The van der Waals surface area contributed by atoms with Gasteiger partial charge >= 0.3 is 0 Å². The molecule has 0 aromatic carbocycles. The van der Waals surface area contributed by atoms with E-state index in [0.29, 0.717) is 6.10 Å². The average Bonchev–Trinajstić information content (AvgIpc) is 2.24. The Morgan fingerprint density at radius 3 is 2.38 bits per heavy atom. The van der Waals surface area contributed by atoms with Gasteiger partial charge in [0, 0.05) is 6.54 Å². The molecule has 0 radical (unpaired) electrons. The third-order valence-corrected chi connectivity index (χ3v) is 2.62. The average molecular weight is 225 g/mol. The zero-order valence-electron chi connectivity index (χ0n) is 11.5. The number of nitrogens with zero attached hydrogens (tertiary/aromatic N) is 1. The molecule has 0 rings (SSSR count). The van der Waals surface area contributed by atoms with E-state index >= 15 is 0 Å². The van der Waals surface area contributed by atoms with E-state index in [4.69, 9.17) is 4.74 Å². The Morgan fingerprint density at radius 1 is 1.19 bits per heavy atom. The second-order valence-electron chi connectivity index (χ2n) is 4.21. The van der Waals surface area contributed by atoms with Crippen LogP contribution in [0, 0.1) is 11.8 Å². The van der Waals surface area contributed by atoms with Crippen molar-refractivity contribution in [1.29, 1.82) is 0 Å². The molecule has 0 bridgehead atoms. The summed E-state index contributed by atoms with van der Waals surface area (Å²) in [5.41, 5.74) is 0. The summed E-state index contributed by atoms with van der Waals surface area (Å²) in [7, 11) is 0. The van der Waals surface area contributed by atoms with Crippen molar-refractivity contribution in [3.8, 4) is 11.8 Å². The standard InChI is InChI=1S/C14H27NO/c1-6-9-13(4)16-14(5)10-12-15(8-3)11-7-2/h13-14H,7-8,10-12H2,1-5H3. The molecule has 0 saturated carbocycles. The van der Waals surface area contributed by atoms with Gasteiger partial charge in [0.15, 0.2) is 0 Å². The van der Waals surface area contributed by atoms with Gasteiger partial charge in [-0.05, 0) is 46.7 Å². The van der Waals surface area contributed by atoms with Gasteiger partial charge in [0.25, 0.3) is 0 Å². The van der Waals surface area contributed by atoms with Crippen molar-refractivity contribution in [2.24, 2.45) is 0 Å². The molecule has 0 aliphatic carbocycles. The van der Waals surface area contributed by atoms with E-state index in [9.17, 15) is 0 Å². The number of rotatable bonds is 8. The molecule has 0 aromatic rings. The molecule has 94 valence electrons. The van der Waals surface area contributed by atoms with Crippen LogP contribution >= 0.6 is 0 Å². The zero-order chi connectivity index (χ0) is 12.4. The van der Waals surface area contributed by atoms with Crippen molar-refractivity contribution in [3.63, 3.8) is 0 Å². The second-order valence-corrected chi connectivity index (χ2v) is 4.21. The van der Waals surface area contributed by atoms with E-state index < -0.39 is 0 Å². The van der Waals surface area contributed by atoms with Gasteiger partial charge in [-0.1, -0.05) is 19.8 Å². The summed E-state index contributed by atoms with van der Waals surface area (Å²) in [6.07, 6.45) is 2.66. The topological polar surface area (TPSA) is 12.5 Å². The first-order chi connectivity index (χ1) is 7.63. The lowest BCUT2D eigenvalue weighted by atomic mass is 10.2. The predicted molar refractivity (Wildman–Crippen MR) is 70.5 cm³/mol. The molecule has 2 atom stereocenters. The molecule has 2 heteroatoms. The lowest BCUT2D eigenvalue weighted by Gasteiger charge is -2.22. The molecule has 0 amide bonds. The van der Waals surface area contributed by atoms with Crippen molar-refractivity contribution >= 4 is 0 Å². The predicted octanol–water partition coefficient (Wildman–Crippen LogP) is 2.93. The van der Waals surface area contributed by atoms with Gasteiger partial charge in [-0.2, -0.15) is 0 Å². The summed E-state index contributed by atoms with van der Waals surface area (Å²) in [4.78, 5) is 2.47. The smallest absolute Gasteiger partial charge is 0.115 e. The maximum Gasteiger partial charge on any atom is 0.115 e. The quantitative estimate of drug-likeness (QED) is 0.589. The minimum atomic E-state index is 0.0567. The van der Waals surface area contributed by atoms with Crippen LogP contribution in [0.4, 0.5) is 0 Å². The van der Waals surface area contributed by atoms with Crippen LogP contribution in [0.3, 0.4) is 0 Å². The zero-order valence-corrected chi connectivity index (χ0v) is 11.5. The van der Waals surface area contributed by atoms with Gasteiger partial charge in [0.1, 0.15) is 6.10 Å². The number of hydrogen-bond donors (Lipinski definition) is 0. The van der Waals surface area contributed by atoms with E-state index in [1.165, 1.54) is 13.0 Å². The summed E-state index contributed by atoms with van der Waals surface area (Å²) >= 11 is 0. The van der Waals surface area contributed by atoms with E-state index in [1.807, 2.05) is 13.8 Å². The highest BCUT2D eigenvalue weighted by molar-refractivity contribution is 5.00. The second kappa shape index (κ2) is 9.69. The summed E-state index contributed by atoms with van der Waals surface area (Å²) in [6.45, 7) is 13.9. The number of ether oxygens (including phenoxy) is 1. The minimum absolute atomic E-state index is 0.0567. The van der Waals surface area contributed by atoms with Crippen molar-refractivity contribution < 1.29 is 4.74 Å². The molecular weight excluding hydrogens is 198 g/mol. The van der Waals surface area contributed by atoms with E-state index in [2.05, 4.69) is 37.5 Å². The van der Waals surface area contributed by atoms with Gasteiger partial charge in [-0.25, -0.2) is 0 Å². The van der Waals surface area contributed by atoms with Crippen LogP contribution in [0.2, 0.25) is 0 Å². The van der Waals surface area contributed by atoms with Crippen LogP contribution in [-0.4, -0.2) is 36.7 Å². The molecule has 0 aliphatic heterocycles. The molecule has 0 fully saturated rings. The largest absolute Gasteiger partial charge is 0.363 e. The maximum atomic E-state index is 5.76. The highest BCUT2D eigenvalue weighted by Crippen LogP contribution is 2.04. The molecule has 2 unspecified atom stereocenters. The Balaban J connectivity index is 3.76. The van der Waals surface area contributed by atoms with Crippen molar-refractivity contribution in [2.75, 3.05) is 19.6 Å². The minimum Gasteiger partial charge on any atom is -0.363 e. The number of hydrogen-bond acceptors (Lipinski definition) is 2. The first-order valence-corrected chi connectivity index (χ1v) is 6.44. The van der Waals surface area contributed by atoms with Crippen LogP contribution in [0.25, 0.3) is 0 Å². The highest BCUT2D eigenvalue weighted by atomic mass is 16.5. The summed E-state index contributed by atoms with van der Waals surface area (Å²) in [5, 5.41) is 0. The van der Waals surface area contributed by atoms with Gasteiger partial charge in [-0.15, -0.1) is 5.92 Å². The van der Waals surface area contributed by atoms with E-state index in [0.717, 1.165) is 19.5 Å². The third kappa shape index (κ3) is 7.73. The fourth-order valence-electron chi connectivity index (χ4n) is 1.76. The van der Waals surface area contributed by atoms with Crippen molar-refractivity contribution in [1.82, 2.24) is 4.90 Å². The van der Waals surface area contributed by atoms with E-state index in [1.54, 1.807) is 0 Å². The monoisotopic (exact) mass is 225 g/mol. The van der Waals surface area contributed by atoms with Crippen LogP contribution in [-0.2, 0) is 4.74 Å². The van der Waals surface area contributed by atoms with Crippen LogP contribution in [0.5, 0.6) is 0 Å².